The number of nitrogens with zero attached hydrogens (tertiary/aromatic N) is 1. The molecule has 2 aromatic rings. The lowest BCUT2D eigenvalue weighted by Gasteiger charge is -2.32. The number of aromatic nitrogens is 3. The molecule has 0 radical (unpaired) electrons. The number of rotatable bonds is 7. The lowest BCUT2D eigenvalue weighted by atomic mass is 9.75. The van der Waals surface area contributed by atoms with Crippen molar-refractivity contribution in [3.63, 3.8) is 0 Å². The van der Waals surface area contributed by atoms with Gasteiger partial charge in [-0.1, -0.05) is 53.7 Å². The maximum atomic E-state index is 11.0. The summed E-state index contributed by atoms with van der Waals surface area (Å²) in [5.74, 6) is 3.34. The molecule has 5 nitrogen and oxygen atoms in total. The summed E-state index contributed by atoms with van der Waals surface area (Å²) in [7, 11) is 0. The first-order valence-corrected chi connectivity index (χ1v) is 10.2. The van der Waals surface area contributed by atoms with Crippen molar-refractivity contribution in [1.82, 2.24) is 15.2 Å². The fraction of sp³-hybridized carbons (Fsp3) is 0.600. The van der Waals surface area contributed by atoms with Gasteiger partial charge in [0.2, 0.25) is 0 Å². The molecular formula is C20H31N3O2S. The zero-order valence-electron chi connectivity index (χ0n) is 16.7. The Morgan fingerprint density at radius 1 is 1.12 bits per heavy atom. The fourth-order valence-corrected chi connectivity index (χ4v) is 3.73. The highest BCUT2D eigenvalue weighted by Gasteiger charge is 2.28. The standard InChI is InChI=1S/C20H31N3O2S/c1-19(2,3)14-9-7-10-15(17(14)20(4,5)6)25-11-8-12-26-13-16-21-18(24)23-22-16/h7,9-10H,8,11-13H2,1-6H3,(H2,21,22,23,24). The highest BCUT2D eigenvalue weighted by molar-refractivity contribution is 7.98. The van der Waals surface area contributed by atoms with E-state index in [4.69, 9.17) is 4.74 Å². The number of H-pyrrole nitrogens is 2. The third-order valence-corrected chi connectivity index (χ3v) is 5.12. The molecule has 0 saturated heterocycles. The average molecular weight is 378 g/mol. The van der Waals surface area contributed by atoms with E-state index in [0.29, 0.717) is 18.2 Å². The number of hydrogen-bond donors (Lipinski definition) is 2. The molecule has 0 unspecified atom stereocenters. The summed E-state index contributed by atoms with van der Waals surface area (Å²) in [5, 5.41) is 6.29. The summed E-state index contributed by atoms with van der Waals surface area (Å²) in [6.07, 6.45) is 0.947. The highest BCUT2D eigenvalue weighted by Crippen LogP contribution is 2.39. The summed E-state index contributed by atoms with van der Waals surface area (Å²) in [5.41, 5.74) is 2.50. The monoisotopic (exact) mass is 377 g/mol. The number of nitrogens with one attached hydrogen (secondary N) is 2. The molecular weight excluding hydrogens is 346 g/mol. The average Bonchev–Trinajstić information content (AvgIpc) is 2.94. The van der Waals surface area contributed by atoms with Crippen LogP contribution in [0.4, 0.5) is 0 Å². The van der Waals surface area contributed by atoms with Crippen LogP contribution in [-0.2, 0) is 16.6 Å². The van der Waals surface area contributed by atoms with Gasteiger partial charge in [0.15, 0.2) is 0 Å². The summed E-state index contributed by atoms with van der Waals surface area (Å²) in [6, 6.07) is 6.39. The number of benzene rings is 1. The van der Waals surface area contributed by atoms with Gasteiger partial charge in [0.1, 0.15) is 11.6 Å². The van der Waals surface area contributed by atoms with E-state index in [9.17, 15) is 4.79 Å². The van der Waals surface area contributed by atoms with Crippen LogP contribution in [0, 0.1) is 0 Å². The second-order valence-corrected chi connectivity index (χ2v) is 9.66. The third-order valence-electron chi connectivity index (χ3n) is 4.06. The number of aromatic amines is 2. The maximum absolute atomic E-state index is 11.0. The Morgan fingerprint density at radius 2 is 1.85 bits per heavy atom. The van der Waals surface area contributed by atoms with E-state index in [2.05, 4.69) is 74.9 Å². The van der Waals surface area contributed by atoms with Gasteiger partial charge in [-0.2, -0.15) is 16.9 Å². The molecule has 1 heterocycles. The predicted molar refractivity (Wildman–Crippen MR) is 109 cm³/mol. The van der Waals surface area contributed by atoms with Crippen molar-refractivity contribution in [3.05, 3.63) is 45.6 Å². The predicted octanol–water partition coefficient (Wildman–Crippen LogP) is 4.40. The Balaban J connectivity index is 1.93. The van der Waals surface area contributed by atoms with Crippen LogP contribution in [0.15, 0.2) is 23.0 Å². The van der Waals surface area contributed by atoms with Crippen LogP contribution in [0.1, 0.15) is 64.9 Å². The molecule has 0 saturated carbocycles. The molecule has 2 N–H and O–H groups in total. The van der Waals surface area contributed by atoms with Crippen molar-refractivity contribution >= 4 is 11.8 Å². The Bertz CT molecular complexity index is 766. The quantitative estimate of drug-likeness (QED) is 0.702. The Kier molecular flexibility index (Phi) is 6.61. The first-order valence-electron chi connectivity index (χ1n) is 9.07. The van der Waals surface area contributed by atoms with E-state index in [1.54, 1.807) is 11.8 Å². The first kappa shape index (κ1) is 20.6. The molecule has 0 aliphatic carbocycles. The fourth-order valence-electron chi connectivity index (χ4n) is 2.94. The van der Waals surface area contributed by atoms with Crippen molar-refractivity contribution in [1.29, 1.82) is 0 Å². The minimum Gasteiger partial charge on any atom is -0.493 e. The molecule has 144 valence electrons. The third kappa shape index (κ3) is 5.66. The molecule has 0 spiro atoms. The zero-order valence-corrected chi connectivity index (χ0v) is 17.5. The topological polar surface area (TPSA) is 70.8 Å². The van der Waals surface area contributed by atoms with Crippen molar-refractivity contribution in [3.8, 4) is 5.75 Å². The largest absolute Gasteiger partial charge is 0.493 e. The normalized spacial score (nSPS) is 12.4. The smallest absolute Gasteiger partial charge is 0.340 e. The molecule has 1 aromatic heterocycles. The van der Waals surface area contributed by atoms with Crippen LogP contribution >= 0.6 is 11.8 Å². The minimum absolute atomic E-state index is 0.0276. The van der Waals surface area contributed by atoms with Gasteiger partial charge in [-0.15, -0.1) is 0 Å². The van der Waals surface area contributed by atoms with Crippen molar-refractivity contribution < 1.29 is 4.74 Å². The maximum Gasteiger partial charge on any atom is 0.340 e. The van der Waals surface area contributed by atoms with Crippen LogP contribution in [0.3, 0.4) is 0 Å². The van der Waals surface area contributed by atoms with Crippen LogP contribution < -0.4 is 10.4 Å². The van der Waals surface area contributed by atoms with Crippen LogP contribution in [-0.4, -0.2) is 27.5 Å². The van der Waals surface area contributed by atoms with Crippen LogP contribution in [0.2, 0.25) is 0 Å². The number of hydrogen-bond acceptors (Lipinski definition) is 4. The van der Waals surface area contributed by atoms with Gasteiger partial charge in [0, 0.05) is 5.56 Å². The number of ether oxygens (including phenoxy) is 1. The summed E-state index contributed by atoms with van der Waals surface area (Å²) >= 11 is 1.74. The highest BCUT2D eigenvalue weighted by atomic mass is 32.2. The minimum atomic E-state index is -0.252. The van der Waals surface area contributed by atoms with E-state index in [1.165, 1.54) is 11.1 Å². The lowest BCUT2D eigenvalue weighted by molar-refractivity contribution is 0.308. The summed E-state index contributed by atoms with van der Waals surface area (Å²) in [6.45, 7) is 14.1. The molecule has 0 aliphatic heterocycles. The van der Waals surface area contributed by atoms with E-state index in [1.807, 2.05) is 0 Å². The van der Waals surface area contributed by atoms with Gasteiger partial charge in [-0.3, -0.25) is 4.98 Å². The zero-order chi connectivity index (χ0) is 19.4. The van der Waals surface area contributed by atoms with Crippen molar-refractivity contribution in [2.45, 2.75) is 64.5 Å². The van der Waals surface area contributed by atoms with Gasteiger partial charge in [-0.05, 0) is 34.6 Å². The van der Waals surface area contributed by atoms with Crippen molar-refractivity contribution in [2.75, 3.05) is 12.4 Å². The Labute approximate surface area is 160 Å². The van der Waals surface area contributed by atoms with E-state index < -0.39 is 0 Å². The molecule has 0 atom stereocenters. The first-order chi connectivity index (χ1) is 12.1. The van der Waals surface area contributed by atoms with Gasteiger partial charge in [-0.25, -0.2) is 9.89 Å². The molecule has 26 heavy (non-hydrogen) atoms. The molecule has 6 heteroatoms. The van der Waals surface area contributed by atoms with Crippen LogP contribution in [0.5, 0.6) is 5.75 Å². The van der Waals surface area contributed by atoms with E-state index >= 15 is 0 Å². The Hall–Kier alpha value is -1.69. The summed E-state index contributed by atoms with van der Waals surface area (Å²) < 4.78 is 6.16. The molecule has 0 bridgehead atoms. The van der Waals surface area contributed by atoms with Gasteiger partial charge in [0.25, 0.3) is 0 Å². The lowest BCUT2D eigenvalue weighted by Crippen LogP contribution is -2.23. The van der Waals surface area contributed by atoms with E-state index in [0.717, 1.165) is 17.9 Å². The SMILES string of the molecule is CC(C)(C)c1cccc(OCCCSCc2n[nH]c(=O)[nH]2)c1C(C)(C)C. The Morgan fingerprint density at radius 3 is 2.42 bits per heavy atom. The number of thioether (sulfide) groups is 1. The molecule has 0 amide bonds. The van der Waals surface area contributed by atoms with Crippen molar-refractivity contribution in [2.24, 2.45) is 0 Å². The van der Waals surface area contributed by atoms with Gasteiger partial charge >= 0.3 is 5.69 Å². The molecule has 0 fully saturated rings. The second-order valence-electron chi connectivity index (χ2n) is 8.56. The van der Waals surface area contributed by atoms with Gasteiger partial charge in [0.05, 0.1) is 12.4 Å². The molecule has 1 aromatic carbocycles. The molecule has 2 rings (SSSR count). The second kappa shape index (κ2) is 8.33. The van der Waals surface area contributed by atoms with E-state index in [-0.39, 0.29) is 16.5 Å². The van der Waals surface area contributed by atoms with Gasteiger partial charge < -0.3 is 4.74 Å². The summed E-state index contributed by atoms with van der Waals surface area (Å²) in [4.78, 5) is 13.7. The molecule has 0 aliphatic rings. The van der Waals surface area contributed by atoms with Crippen LogP contribution in [0.25, 0.3) is 0 Å².